The first-order chi connectivity index (χ1) is 6.96. The first-order valence-electron chi connectivity index (χ1n) is 5.06. The lowest BCUT2D eigenvalue weighted by molar-refractivity contribution is 0.171. The number of anilines is 1. The number of hydrogen-bond donors (Lipinski definition) is 2. The van der Waals surface area contributed by atoms with E-state index in [0.29, 0.717) is 6.54 Å². The summed E-state index contributed by atoms with van der Waals surface area (Å²) in [7, 11) is 0. The molecule has 0 aliphatic rings. The molecule has 1 aromatic rings. The summed E-state index contributed by atoms with van der Waals surface area (Å²) in [5, 5.41) is 13.1. The molecule has 2 nitrogen and oxygen atoms in total. The van der Waals surface area contributed by atoms with Crippen LogP contribution < -0.4 is 5.32 Å². The van der Waals surface area contributed by atoms with Crippen molar-refractivity contribution in [3.63, 3.8) is 0 Å². The van der Waals surface area contributed by atoms with Crippen LogP contribution in [0.2, 0.25) is 5.02 Å². The molecule has 0 amide bonds. The van der Waals surface area contributed by atoms with E-state index in [-0.39, 0.29) is 12.0 Å². The SMILES string of the molecule is Cc1cccc(Cl)c1NCC(C)(C)CO. The van der Waals surface area contributed by atoms with Gasteiger partial charge in [0.1, 0.15) is 0 Å². The molecule has 0 bridgehead atoms. The minimum Gasteiger partial charge on any atom is -0.396 e. The number of benzene rings is 1. The molecule has 1 rings (SSSR count). The molecule has 0 unspecified atom stereocenters. The van der Waals surface area contributed by atoms with Crippen molar-refractivity contribution < 1.29 is 5.11 Å². The van der Waals surface area contributed by atoms with Crippen LogP contribution in [-0.4, -0.2) is 18.3 Å². The van der Waals surface area contributed by atoms with Crippen molar-refractivity contribution in [2.75, 3.05) is 18.5 Å². The molecule has 0 aliphatic carbocycles. The van der Waals surface area contributed by atoms with Gasteiger partial charge in [0.2, 0.25) is 0 Å². The highest BCUT2D eigenvalue weighted by Gasteiger charge is 2.16. The number of hydrogen-bond acceptors (Lipinski definition) is 2. The quantitative estimate of drug-likeness (QED) is 0.829. The number of rotatable bonds is 4. The zero-order chi connectivity index (χ0) is 11.5. The van der Waals surface area contributed by atoms with Crippen molar-refractivity contribution in [1.82, 2.24) is 0 Å². The molecule has 0 heterocycles. The number of aliphatic hydroxyl groups is 1. The second kappa shape index (κ2) is 4.86. The van der Waals surface area contributed by atoms with Gasteiger partial charge in [0.05, 0.1) is 10.7 Å². The van der Waals surface area contributed by atoms with Crippen molar-refractivity contribution in [1.29, 1.82) is 0 Å². The average molecular weight is 228 g/mol. The fraction of sp³-hybridized carbons (Fsp3) is 0.500. The first-order valence-corrected chi connectivity index (χ1v) is 5.44. The predicted molar refractivity (Wildman–Crippen MR) is 65.5 cm³/mol. The number of halogens is 1. The van der Waals surface area contributed by atoms with Gasteiger partial charge >= 0.3 is 0 Å². The average Bonchev–Trinajstić information content (AvgIpc) is 2.17. The fourth-order valence-electron chi connectivity index (χ4n) is 1.24. The summed E-state index contributed by atoms with van der Waals surface area (Å²) in [6.45, 7) is 6.89. The molecule has 3 heteroatoms. The Balaban J connectivity index is 2.73. The van der Waals surface area contributed by atoms with E-state index in [1.807, 2.05) is 39.0 Å². The van der Waals surface area contributed by atoms with Crippen LogP contribution in [0.25, 0.3) is 0 Å². The summed E-state index contributed by atoms with van der Waals surface area (Å²) in [5.41, 5.74) is 1.95. The topological polar surface area (TPSA) is 32.3 Å². The maximum absolute atomic E-state index is 9.14. The standard InChI is InChI=1S/C12H18ClNO/c1-9-5-4-6-10(13)11(9)14-7-12(2,3)8-15/h4-6,14-15H,7-8H2,1-3H3. The van der Waals surface area contributed by atoms with Gasteiger partial charge in [0.25, 0.3) is 0 Å². The van der Waals surface area contributed by atoms with Crippen LogP contribution in [0.4, 0.5) is 5.69 Å². The summed E-state index contributed by atoms with van der Waals surface area (Å²) in [5.74, 6) is 0. The van der Waals surface area contributed by atoms with E-state index in [2.05, 4.69) is 5.32 Å². The lowest BCUT2D eigenvalue weighted by Crippen LogP contribution is -2.27. The molecule has 0 atom stereocenters. The molecule has 0 radical (unpaired) electrons. The molecule has 15 heavy (non-hydrogen) atoms. The van der Waals surface area contributed by atoms with E-state index >= 15 is 0 Å². The Hall–Kier alpha value is -0.730. The summed E-state index contributed by atoms with van der Waals surface area (Å²) in [6, 6.07) is 5.81. The maximum atomic E-state index is 9.14. The Morgan fingerprint density at radius 1 is 1.40 bits per heavy atom. The van der Waals surface area contributed by atoms with E-state index in [1.165, 1.54) is 0 Å². The van der Waals surface area contributed by atoms with E-state index < -0.39 is 0 Å². The van der Waals surface area contributed by atoms with Gasteiger partial charge in [0, 0.05) is 18.6 Å². The molecular formula is C12H18ClNO. The number of aliphatic hydroxyl groups excluding tert-OH is 1. The molecule has 0 saturated heterocycles. The summed E-state index contributed by atoms with van der Waals surface area (Å²) >= 11 is 6.08. The minimum atomic E-state index is -0.133. The van der Waals surface area contributed by atoms with Gasteiger partial charge in [-0.3, -0.25) is 0 Å². The smallest absolute Gasteiger partial charge is 0.0640 e. The number of para-hydroxylation sites is 1. The van der Waals surface area contributed by atoms with E-state index in [1.54, 1.807) is 0 Å². The zero-order valence-electron chi connectivity index (χ0n) is 9.47. The summed E-state index contributed by atoms with van der Waals surface area (Å²) in [4.78, 5) is 0. The van der Waals surface area contributed by atoms with E-state index in [9.17, 15) is 0 Å². The van der Waals surface area contributed by atoms with Crippen molar-refractivity contribution in [2.24, 2.45) is 5.41 Å². The molecular weight excluding hydrogens is 210 g/mol. The van der Waals surface area contributed by atoms with Crippen LogP contribution in [0.3, 0.4) is 0 Å². The Labute approximate surface area is 96.3 Å². The van der Waals surface area contributed by atoms with Crippen molar-refractivity contribution in [3.05, 3.63) is 28.8 Å². The highest BCUT2D eigenvalue weighted by atomic mass is 35.5. The van der Waals surface area contributed by atoms with Crippen LogP contribution in [0.1, 0.15) is 19.4 Å². The molecule has 0 saturated carbocycles. The Bertz CT molecular complexity index is 316. The highest BCUT2D eigenvalue weighted by molar-refractivity contribution is 6.33. The molecule has 0 aromatic heterocycles. The van der Waals surface area contributed by atoms with Gasteiger partial charge in [-0.1, -0.05) is 37.6 Å². The second-order valence-electron chi connectivity index (χ2n) is 4.61. The van der Waals surface area contributed by atoms with Gasteiger partial charge in [-0.15, -0.1) is 0 Å². The Kier molecular flexibility index (Phi) is 4.00. The Morgan fingerprint density at radius 3 is 2.60 bits per heavy atom. The molecule has 84 valence electrons. The molecule has 0 aliphatic heterocycles. The van der Waals surface area contributed by atoms with E-state index in [4.69, 9.17) is 16.7 Å². The van der Waals surface area contributed by atoms with Gasteiger partial charge in [-0.2, -0.15) is 0 Å². The van der Waals surface area contributed by atoms with Crippen LogP contribution >= 0.6 is 11.6 Å². The lowest BCUT2D eigenvalue weighted by atomic mass is 9.95. The fourth-order valence-corrected chi connectivity index (χ4v) is 1.53. The van der Waals surface area contributed by atoms with Gasteiger partial charge in [-0.05, 0) is 18.6 Å². The van der Waals surface area contributed by atoms with Crippen molar-refractivity contribution >= 4 is 17.3 Å². The van der Waals surface area contributed by atoms with Crippen molar-refractivity contribution in [2.45, 2.75) is 20.8 Å². The maximum Gasteiger partial charge on any atom is 0.0640 e. The van der Waals surface area contributed by atoms with Crippen LogP contribution in [-0.2, 0) is 0 Å². The third-order valence-electron chi connectivity index (χ3n) is 2.39. The second-order valence-corrected chi connectivity index (χ2v) is 5.01. The van der Waals surface area contributed by atoms with Crippen LogP contribution in [0.15, 0.2) is 18.2 Å². The molecule has 1 aromatic carbocycles. The van der Waals surface area contributed by atoms with Crippen LogP contribution in [0, 0.1) is 12.3 Å². The molecule has 2 N–H and O–H groups in total. The summed E-state index contributed by atoms with van der Waals surface area (Å²) < 4.78 is 0. The minimum absolute atomic E-state index is 0.133. The molecule has 0 fully saturated rings. The third kappa shape index (κ3) is 3.40. The number of nitrogens with one attached hydrogen (secondary N) is 1. The van der Waals surface area contributed by atoms with Gasteiger partial charge < -0.3 is 10.4 Å². The largest absolute Gasteiger partial charge is 0.396 e. The van der Waals surface area contributed by atoms with Gasteiger partial charge in [-0.25, -0.2) is 0 Å². The lowest BCUT2D eigenvalue weighted by Gasteiger charge is -2.23. The van der Waals surface area contributed by atoms with Crippen LogP contribution in [0.5, 0.6) is 0 Å². The third-order valence-corrected chi connectivity index (χ3v) is 2.71. The monoisotopic (exact) mass is 227 g/mol. The molecule has 0 spiro atoms. The number of aryl methyl sites for hydroxylation is 1. The van der Waals surface area contributed by atoms with Crippen molar-refractivity contribution in [3.8, 4) is 0 Å². The zero-order valence-corrected chi connectivity index (χ0v) is 10.2. The van der Waals surface area contributed by atoms with E-state index in [0.717, 1.165) is 16.3 Å². The summed E-state index contributed by atoms with van der Waals surface area (Å²) in [6.07, 6.45) is 0. The predicted octanol–water partition coefficient (Wildman–Crippen LogP) is 3.08. The highest BCUT2D eigenvalue weighted by Crippen LogP contribution is 2.26. The normalized spacial score (nSPS) is 11.5. The Morgan fingerprint density at radius 2 is 2.07 bits per heavy atom. The van der Waals surface area contributed by atoms with Gasteiger partial charge in [0.15, 0.2) is 0 Å². The first kappa shape index (κ1) is 12.3.